The number of hydrogen-bond acceptors (Lipinski definition) is 5. The van der Waals surface area contributed by atoms with Crippen molar-refractivity contribution in [3.63, 3.8) is 0 Å². The Morgan fingerprint density at radius 2 is 1.81 bits per heavy atom. The van der Waals surface area contributed by atoms with Gasteiger partial charge in [-0.15, -0.1) is 0 Å². The summed E-state index contributed by atoms with van der Waals surface area (Å²) in [6.45, 7) is 5.06. The third kappa shape index (κ3) is 9.54. The molecule has 2 rings (SSSR count). The third-order valence-corrected chi connectivity index (χ3v) is 6.41. The van der Waals surface area contributed by atoms with Crippen LogP contribution in [0.2, 0.25) is 0 Å². The van der Waals surface area contributed by atoms with Crippen molar-refractivity contribution in [3.8, 4) is 0 Å². The minimum atomic E-state index is -1.09. The minimum Gasteiger partial charge on any atom is -0.481 e. The number of nitrogens with one attached hydrogen (secondary N) is 3. The van der Waals surface area contributed by atoms with Gasteiger partial charge < -0.3 is 26.0 Å². The Labute approximate surface area is 191 Å². The first kappa shape index (κ1) is 26.1. The van der Waals surface area contributed by atoms with Crippen molar-refractivity contribution in [1.82, 2.24) is 20.9 Å². The zero-order valence-corrected chi connectivity index (χ0v) is 19.4. The van der Waals surface area contributed by atoms with E-state index in [0.717, 1.165) is 58.0 Å². The average molecular weight is 453 g/mol. The maximum absolute atomic E-state index is 12.8. The molecule has 2 aliphatic heterocycles. The molecule has 32 heavy (non-hydrogen) atoms. The van der Waals surface area contributed by atoms with Crippen LogP contribution in [0.15, 0.2) is 0 Å². The first-order valence-electron chi connectivity index (χ1n) is 12.2. The van der Waals surface area contributed by atoms with E-state index in [1.54, 1.807) is 4.90 Å². The summed E-state index contributed by atoms with van der Waals surface area (Å²) >= 11 is 0. The van der Waals surface area contributed by atoms with Crippen LogP contribution in [-0.4, -0.2) is 66.0 Å². The van der Waals surface area contributed by atoms with E-state index >= 15 is 0 Å². The van der Waals surface area contributed by atoms with Crippen molar-refractivity contribution in [2.24, 2.45) is 11.8 Å². The summed E-state index contributed by atoms with van der Waals surface area (Å²) in [5.41, 5.74) is 0. The third-order valence-electron chi connectivity index (χ3n) is 6.41. The van der Waals surface area contributed by atoms with E-state index < -0.39 is 12.1 Å². The predicted octanol–water partition coefficient (Wildman–Crippen LogP) is 1.62. The van der Waals surface area contributed by atoms with Crippen molar-refractivity contribution < 1.29 is 24.3 Å². The second-order valence-corrected chi connectivity index (χ2v) is 9.09. The monoisotopic (exact) mass is 452 g/mol. The average Bonchev–Trinajstić information content (AvgIpc) is 2.78. The summed E-state index contributed by atoms with van der Waals surface area (Å²) in [5, 5.41) is 17.8. The van der Waals surface area contributed by atoms with Gasteiger partial charge in [0.25, 0.3) is 0 Å². The number of unbranched alkanes of at least 4 members (excludes halogenated alkanes) is 2. The molecule has 182 valence electrons. The highest BCUT2D eigenvalue weighted by molar-refractivity contribution is 5.83. The van der Waals surface area contributed by atoms with E-state index in [9.17, 15) is 19.2 Å². The highest BCUT2D eigenvalue weighted by Gasteiger charge is 2.30. The molecule has 0 aromatic heterocycles. The number of carbonyl (C=O) groups is 4. The molecule has 2 atom stereocenters. The van der Waals surface area contributed by atoms with Gasteiger partial charge in [-0.2, -0.15) is 0 Å². The van der Waals surface area contributed by atoms with Crippen molar-refractivity contribution >= 4 is 23.7 Å². The van der Waals surface area contributed by atoms with Crippen LogP contribution in [0.25, 0.3) is 0 Å². The molecule has 2 heterocycles. The standard InChI is InChI=1S/C23H40N4O5/c1-2-3-4-7-20(28)25-19(15-22(30)31)26-23(32)18-6-5-14-27(16-18)21(29)9-8-17-10-12-24-13-11-17/h17-19,24H,2-16H2,1H3,(H,25,28)(H,26,32)(H,30,31)/t18-,19-/m1/s1. The van der Waals surface area contributed by atoms with Gasteiger partial charge in [0.05, 0.1) is 12.3 Å². The number of nitrogens with zero attached hydrogens (tertiary/aromatic N) is 1. The maximum atomic E-state index is 12.8. The second-order valence-electron chi connectivity index (χ2n) is 9.09. The second kappa shape index (κ2) is 14.1. The SMILES string of the molecule is CCCCCC(=O)N[C@@H](CC(=O)O)NC(=O)[C@@H]1CCCN(C(=O)CCC2CCNCC2)C1. The van der Waals surface area contributed by atoms with Crippen LogP contribution in [0.3, 0.4) is 0 Å². The summed E-state index contributed by atoms with van der Waals surface area (Å²) in [6.07, 6.45) is 6.61. The Balaban J connectivity index is 1.82. The fraction of sp³-hybridized carbons (Fsp3) is 0.826. The van der Waals surface area contributed by atoms with Crippen LogP contribution >= 0.6 is 0 Å². The normalized spacial score (nSPS) is 20.4. The lowest BCUT2D eigenvalue weighted by atomic mass is 9.92. The molecule has 0 spiro atoms. The summed E-state index contributed by atoms with van der Waals surface area (Å²) in [7, 11) is 0. The molecule has 2 saturated heterocycles. The van der Waals surface area contributed by atoms with E-state index in [4.69, 9.17) is 5.11 Å². The summed E-state index contributed by atoms with van der Waals surface area (Å²) in [4.78, 5) is 50.6. The molecular weight excluding hydrogens is 412 g/mol. The predicted molar refractivity (Wildman–Crippen MR) is 121 cm³/mol. The molecule has 0 bridgehead atoms. The Morgan fingerprint density at radius 3 is 2.50 bits per heavy atom. The summed E-state index contributed by atoms with van der Waals surface area (Å²) in [6, 6.07) is 0. The van der Waals surface area contributed by atoms with Gasteiger partial charge in [0, 0.05) is 25.9 Å². The number of hydrogen-bond donors (Lipinski definition) is 4. The van der Waals surface area contributed by atoms with Gasteiger partial charge in [0.15, 0.2) is 0 Å². The molecule has 2 fully saturated rings. The van der Waals surface area contributed by atoms with Crippen molar-refractivity contribution in [2.45, 2.75) is 83.7 Å². The van der Waals surface area contributed by atoms with Gasteiger partial charge in [-0.25, -0.2) is 0 Å². The molecule has 4 N–H and O–H groups in total. The van der Waals surface area contributed by atoms with Crippen molar-refractivity contribution in [3.05, 3.63) is 0 Å². The van der Waals surface area contributed by atoms with E-state index in [1.807, 2.05) is 6.92 Å². The lowest BCUT2D eigenvalue weighted by molar-refractivity contribution is -0.138. The Bertz CT molecular complexity index is 636. The molecule has 9 heteroatoms. The van der Waals surface area contributed by atoms with E-state index in [-0.39, 0.29) is 30.1 Å². The first-order chi connectivity index (χ1) is 15.4. The lowest BCUT2D eigenvalue weighted by Gasteiger charge is -2.33. The van der Waals surface area contributed by atoms with Gasteiger partial charge >= 0.3 is 5.97 Å². The Hall–Kier alpha value is -2.16. The minimum absolute atomic E-state index is 0.0901. The molecule has 0 aliphatic carbocycles. The number of piperidine rings is 2. The Kier molecular flexibility index (Phi) is 11.5. The number of carbonyl (C=O) groups excluding carboxylic acids is 3. The fourth-order valence-electron chi connectivity index (χ4n) is 4.48. The van der Waals surface area contributed by atoms with Crippen LogP contribution in [0.5, 0.6) is 0 Å². The molecule has 3 amide bonds. The zero-order valence-electron chi connectivity index (χ0n) is 19.4. The molecular formula is C23H40N4O5. The van der Waals surface area contributed by atoms with E-state index in [2.05, 4.69) is 16.0 Å². The van der Waals surface area contributed by atoms with Crippen LogP contribution in [0.1, 0.15) is 77.6 Å². The zero-order chi connectivity index (χ0) is 23.3. The number of carboxylic acid groups (broad SMARTS) is 1. The van der Waals surface area contributed by atoms with Crippen LogP contribution in [0, 0.1) is 11.8 Å². The first-order valence-corrected chi connectivity index (χ1v) is 12.2. The van der Waals surface area contributed by atoms with E-state index in [0.29, 0.717) is 38.3 Å². The van der Waals surface area contributed by atoms with Crippen LogP contribution in [0.4, 0.5) is 0 Å². The topological polar surface area (TPSA) is 128 Å². The molecule has 2 aliphatic rings. The molecule has 0 aromatic carbocycles. The van der Waals surface area contributed by atoms with Gasteiger partial charge in [-0.05, 0) is 57.5 Å². The number of aliphatic carboxylic acids is 1. The van der Waals surface area contributed by atoms with Crippen molar-refractivity contribution in [2.75, 3.05) is 26.2 Å². The number of carboxylic acids is 1. The maximum Gasteiger partial charge on any atom is 0.307 e. The largest absolute Gasteiger partial charge is 0.481 e. The summed E-state index contributed by atoms with van der Waals surface area (Å²) < 4.78 is 0. The van der Waals surface area contributed by atoms with Gasteiger partial charge in [0.2, 0.25) is 17.7 Å². The fourth-order valence-corrected chi connectivity index (χ4v) is 4.48. The molecule has 0 unspecified atom stereocenters. The molecule has 0 aromatic rings. The van der Waals surface area contributed by atoms with Crippen LogP contribution < -0.4 is 16.0 Å². The number of rotatable bonds is 12. The van der Waals surface area contributed by atoms with Gasteiger partial charge in [0.1, 0.15) is 6.17 Å². The van der Waals surface area contributed by atoms with Gasteiger partial charge in [-0.3, -0.25) is 19.2 Å². The smallest absolute Gasteiger partial charge is 0.307 e. The highest BCUT2D eigenvalue weighted by atomic mass is 16.4. The Morgan fingerprint density at radius 1 is 1.06 bits per heavy atom. The molecule has 9 nitrogen and oxygen atoms in total. The molecule has 0 radical (unpaired) electrons. The highest BCUT2D eigenvalue weighted by Crippen LogP contribution is 2.21. The quantitative estimate of drug-likeness (QED) is 0.263. The number of amides is 3. The van der Waals surface area contributed by atoms with Crippen LogP contribution in [-0.2, 0) is 19.2 Å². The number of likely N-dealkylation sites (tertiary alicyclic amines) is 1. The van der Waals surface area contributed by atoms with Crippen molar-refractivity contribution in [1.29, 1.82) is 0 Å². The van der Waals surface area contributed by atoms with E-state index in [1.165, 1.54) is 0 Å². The molecule has 0 saturated carbocycles. The van der Waals surface area contributed by atoms with Gasteiger partial charge in [-0.1, -0.05) is 19.8 Å². The summed E-state index contributed by atoms with van der Waals surface area (Å²) in [5.74, 6) is -1.37. The lowest BCUT2D eigenvalue weighted by Crippen LogP contribution is -2.53.